The molecule has 1 saturated heterocycles. The Morgan fingerprint density at radius 3 is 2.11 bits per heavy atom. The number of ether oxygens (including phenoxy) is 6. The summed E-state index contributed by atoms with van der Waals surface area (Å²) in [4.78, 5) is 76.0. The topological polar surface area (TPSA) is 209 Å². The number of carbonyl (C=O) groups excluding carboxylic acids is 6. The molecule has 6 aliphatic rings. The number of esters is 5. The van der Waals surface area contributed by atoms with E-state index in [1.165, 1.54) is 17.8 Å². The van der Waals surface area contributed by atoms with E-state index in [1.807, 2.05) is 0 Å². The highest BCUT2D eigenvalue weighted by atomic mass is 16.7. The molecular weight excluding hydrogens is 815 g/mol. The molecular formula is C47H67N3O13. The number of fused-ring (bicyclic) bond motifs is 7. The maximum absolute atomic E-state index is 14.8. The minimum atomic E-state index is -1.40. The Morgan fingerprint density at radius 1 is 0.794 bits per heavy atom. The zero-order valence-corrected chi connectivity index (χ0v) is 38.4. The van der Waals surface area contributed by atoms with Crippen molar-refractivity contribution in [2.45, 2.75) is 170 Å². The van der Waals surface area contributed by atoms with Crippen molar-refractivity contribution < 1.29 is 62.3 Å². The van der Waals surface area contributed by atoms with Crippen molar-refractivity contribution in [3.05, 3.63) is 24.0 Å². The molecule has 5 aliphatic carbocycles. The van der Waals surface area contributed by atoms with Crippen molar-refractivity contribution in [1.82, 2.24) is 15.0 Å². The summed E-state index contributed by atoms with van der Waals surface area (Å²) in [5.74, 6) is -2.50. The van der Waals surface area contributed by atoms with Crippen molar-refractivity contribution in [2.75, 3.05) is 6.61 Å². The maximum atomic E-state index is 14.8. The lowest BCUT2D eigenvalue weighted by Gasteiger charge is -2.72. The minimum Gasteiger partial charge on any atom is -0.463 e. The summed E-state index contributed by atoms with van der Waals surface area (Å²) in [5, 5.41) is 19.6. The van der Waals surface area contributed by atoms with E-state index in [9.17, 15) is 33.9 Å². The molecule has 0 radical (unpaired) electrons. The zero-order chi connectivity index (χ0) is 46.0. The van der Waals surface area contributed by atoms with Gasteiger partial charge in [-0.25, -0.2) is 4.68 Å². The van der Waals surface area contributed by atoms with Gasteiger partial charge >= 0.3 is 29.8 Å². The number of hydrogen-bond acceptors (Lipinski definition) is 15. The van der Waals surface area contributed by atoms with Gasteiger partial charge in [0.2, 0.25) is 0 Å². The number of carbonyl (C=O) groups is 6. The molecule has 1 aromatic heterocycles. The lowest BCUT2D eigenvalue weighted by molar-refractivity contribution is -0.270. The molecule has 0 bridgehead atoms. The summed E-state index contributed by atoms with van der Waals surface area (Å²) in [7, 11) is 0. The van der Waals surface area contributed by atoms with Gasteiger partial charge in [0.15, 0.2) is 24.5 Å². The van der Waals surface area contributed by atoms with Crippen molar-refractivity contribution in [1.29, 1.82) is 0 Å². The smallest absolute Gasteiger partial charge is 0.312 e. The molecule has 2 heterocycles. The van der Waals surface area contributed by atoms with Crippen molar-refractivity contribution in [3.8, 4) is 0 Å². The molecule has 0 amide bonds. The van der Waals surface area contributed by atoms with E-state index >= 15 is 0 Å². The van der Waals surface area contributed by atoms with Gasteiger partial charge in [0.1, 0.15) is 31.3 Å². The zero-order valence-electron chi connectivity index (χ0n) is 38.4. The van der Waals surface area contributed by atoms with Gasteiger partial charge in [-0.3, -0.25) is 28.8 Å². The first kappa shape index (κ1) is 46.8. The third-order valence-electron chi connectivity index (χ3n) is 17.6. The number of hydrogen-bond donors (Lipinski definition) is 1. The van der Waals surface area contributed by atoms with E-state index in [0.29, 0.717) is 36.7 Å². The van der Waals surface area contributed by atoms with E-state index in [2.05, 4.69) is 51.5 Å². The van der Waals surface area contributed by atoms with Crippen LogP contribution in [-0.2, 0) is 63.8 Å². The molecule has 0 unspecified atom stereocenters. The first-order valence-electron chi connectivity index (χ1n) is 22.7. The first-order valence-corrected chi connectivity index (χ1v) is 22.7. The standard InChI is InChI=1S/C47H67N3O13/c1-25(22-51)31-13-18-47(20-19-45(9)32(37(31)47)11-12-35-44(8)16-15-36(56)43(6,7)34(44)14-17-46(35,45)10)42(57)59-23-30-21-50(49-48-30)41-40(62-29(5)55)39(61-28(4)54)38(60-27(3)53)33(63-41)24-58-26(2)52/h21-22,31-41,56H,1,11-20,23-24H2,2-10H3/t31-,32+,33+,34-,35+,36-,37+,38+,39-,40+,41-,44-,45+,46+,47-/m0/s1. The minimum absolute atomic E-state index is 0.00120. The van der Waals surface area contributed by atoms with E-state index < -0.39 is 66.5 Å². The van der Waals surface area contributed by atoms with Crippen molar-refractivity contribution in [2.24, 2.45) is 56.7 Å². The fourth-order valence-electron chi connectivity index (χ4n) is 14.6. The molecule has 0 aromatic carbocycles. The number of rotatable bonds is 11. The van der Waals surface area contributed by atoms with Crippen LogP contribution in [-0.4, -0.2) is 93.4 Å². The van der Waals surface area contributed by atoms with E-state index in [1.54, 1.807) is 0 Å². The second kappa shape index (κ2) is 17.0. The molecule has 0 spiro atoms. The van der Waals surface area contributed by atoms with Gasteiger partial charge in [0, 0.05) is 27.7 Å². The number of allylic oxidation sites excluding steroid dienone is 1. The van der Waals surface area contributed by atoms with Gasteiger partial charge in [0.25, 0.3) is 0 Å². The lowest BCUT2D eigenvalue weighted by Crippen LogP contribution is -2.67. The third-order valence-corrected chi connectivity index (χ3v) is 17.6. The lowest BCUT2D eigenvalue weighted by atomic mass is 9.32. The van der Waals surface area contributed by atoms with Crippen LogP contribution in [0.2, 0.25) is 0 Å². The molecule has 1 aliphatic heterocycles. The summed E-state index contributed by atoms with van der Waals surface area (Å²) in [6.07, 6.45) is 3.96. The largest absolute Gasteiger partial charge is 0.463 e. The summed E-state index contributed by atoms with van der Waals surface area (Å²) in [5.41, 5.74) is -0.240. The SMILES string of the molecule is C=C(C=O)[C@@H]1CC[C@]2(C(=O)OCc3cn([C@H]4O[C@H](COC(C)=O)[C@@H](OC(C)=O)[C@H](OC(C)=O)[C@H]4OC(C)=O)nn3)CC[C@]3(C)[C@H](CC[C@@H]4[C@@]5(C)CC[C@H](O)C(C)(C)[C@@H]5CC[C@]43C)[C@@H]12. The molecule has 5 saturated carbocycles. The number of aromatic nitrogens is 3. The Labute approximate surface area is 369 Å². The molecule has 6 fully saturated rings. The van der Waals surface area contributed by atoms with Crippen molar-refractivity contribution in [3.63, 3.8) is 0 Å². The third kappa shape index (κ3) is 7.82. The molecule has 16 heteroatoms. The Kier molecular flexibility index (Phi) is 12.6. The van der Waals surface area contributed by atoms with Crippen LogP contribution in [0.1, 0.15) is 138 Å². The average molecular weight is 882 g/mol. The molecule has 1 N–H and O–H groups in total. The van der Waals surface area contributed by atoms with Crippen LogP contribution in [0.25, 0.3) is 0 Å². The Hall–Kier alpha value is -4.18. The maximum Gasteiger partial charge on any atom is 0.312 e. The van der Waals surface area contributed by atoms with Crippen LogP contribution in [0.4, 0.5) is 0 Å². The van der Waals surface area contributed by atoms with Gasteiger partial charge < -0.3 is 33.5 Å². The summed E-state index contributed by atoms with van der Waals surface area (Å²) in [6, 6.07) is 0. The number of aliphatic hydroxyl groups is 1. The average Bonchev–Trinajstić information content (AvgIpc) is 3.85. The van der Waals surface area contributed by atoms with Crippen LogP contribution in [0.15, 0.2) is 18.3 Å². The normalized spacial score (nSPS) is 41.3. The van der Waals surface area contributed by atoms with Crippen LogP contribution in [0.5, 0.6) is 0 Å². The molecule has 16 nitrogen and oxygen atoms in total. The predicted octanol–water partition coefficient (Wildman–Crippen LogP) is 5.77. The van der Waals surface area contributed by atoms with Crippen LogP contribution in [0, 0.1) is 56.7 Å². The highest BCUT2D eigenvalue weighted by molar-refractivity contribution is 5.80. The quantitative estimate of drug-likeness (QED) is 0.121. The molecule has 15 atom stereocenters. The van der Waals surface area contributed by atoms with Crippen LogP contribution in [0.3, 0.4) is 0 Å². The summed E-state index contributed by atoms with van der Waals surface area (Å²) < 4.78 is 35.5. The second-order valence-electron chi connectivity index (χ2n) is 20.9. The van der Waals surface area contributed by atoms with Crippen LogP contribution >= 0.6 is 0 Å². The Bertz CT molecular complexity index is 2000. The number of aliphatic hydroxyl groups excluding tert-OH is 1. The fraction of sp³-hybridized carbons (Fsp3) is 0.787. The van der Waals surface area contributed by atoms with E-state index in [-0.39, 0.29) is 63.8 Å². The Morgan fingerprint density at radius 2 is 1.46 bits per heavy atom. The fourth-order valence-corrected chi connectivity index (χ4v) is 14.6. The first-order chi connectivity index (χ1) is 29.5. The highest BCUT2D eigenvalue weighted by Gasteiger charge is 2.72. The van der Waals surface area contributed by atoms with E-state index in [0.717, 1.165) is 72.0 Å². The second-order valence-corrected chi connectivity index (χ2v) is 20.9. The van der Waals surface area contributed by atoms with Gasteiger partial charge in [-0.2, -0.15) is 0 Å². The summed E-state index contributed by atoms with van der Waals surface area (Å²) >= 11 is 0. The monoisotopic (exact) mass is 881 g/mol. The van der Waals surface area contributed by atoms with Gasteiger partial charge in [-0.05, 0) is 121 Å². The molecule has 348 valence electrons. The molecule has 7 rings (SSSR count). The Balaban J connectivity index is 1.14. The summed E-state index contributed by atoms with van der Waals surface area (Å²) in [6.45, 7) is 20.1. The van der Waals surface area contributed by atoms with Crippen molar-refractivity contribution >= 4 is 36.1 Å². The highest BCUT2D eigenvalue weighted by Crippen LogP contribution is 2.77. The molecule has 63 heavy (non-hydrogen) atoms. The molecule has 1 aromatic rings. The van der Waals surface area contributed by atoms with Gasteiger partial charge in [0.05, 0.1) is 17.7 Å². The van der Waals surface area contributed by atoms with Gasteiger partial charge in [-0.15, -0.1) is 5.10 Å². The number of aldehydes is 1. The van der Waals surface area contributed by atoms with E-state index in [4.69, 9.17) is 28.4 Å². The predicted molar refractivity (Wildman–Crippen MR) is 222 cm³/mol. The van der Waals surface area contributed by atoms with Gasteiger partial charge in [-0.1, -0.05) is 46.4 Å². The number of nitrogens with zero attached hydrogens (tertiary/aromatic N) is 3. The van der Waals surface area contributed by atoms with Crippen LogP contribution < -0.4 is 0 Å².